The summed E-state index contributed by atoms with van der Waals surface area (Å²) in [6.45, 7) is 0. The molecule has 3 aromatic carbocycles. The average Bonchev–Trinajstić information content (AvgIpc) is 2.69. The van der Waals surface area contributed by atoms with Crippen LogP contribution in [0.15, 0.2) is 72.8 Å². The predicted molar refractivity (Wildman–Crippen MR) is 109 cm³/mol. The molecular weight excluding hydrogens is 346 g/mol. The number of benzene rings is 3. The maximum absolute atomic E-state index is 12.6. The third-order valence-corrected chi connectivity index (χ3v) is 6.49. The zero-order valence-corrected chi connectivity index (χ0v) is 15.2. The number of carbonyl (C=O) groups excluding carboxylic acids is 1. The third-order valence-electron chi connectivity index (χ3n) is 4.28. The summed E-state index contributed by atoms with van der Waals surface area (Å²) in [4.78, 5) is 12.6. The lowest BCUT2D eigenvalue weighted by Crippen LogP contribution is -2.14. The summed E-state index contributed by atoms with van der Waals surface area (Å²) in [6.07, 6.45) is 0. The van der Waals surface area contributed by atoms with E-state index in [0.29, 0.717) is 5.56 Å². The van der Waals surface area contributed by atoms with Crippen molar-refractivity contribution in [3.63, 3.8) is 0 Å². The molecule has 0 spiro atoms. The highest BCUT2D eigenvalue weighted by molar-refractivity contribution is 8.76. The minimum atomic E-state index is -0.0590. The minimum absolute atomic E-state index is 0.0590. The smallest absolute Gasteiger partial charge is 0.255 e. The van der Waals surface area contributed by atoms with Gasteiger partial charge in [-0.1, -0.05) is 76.2 Å². The molecule has 1 aliphatic rings. The Morgan fingerprint density at radius 2 is 1.48 bits per heavy atom. The number of fused-ring (bicyclic) bond motifs is 1. The van der Waals surface area contributed by atoms with Crippen molar-refractivity contribution >= 4 is 33.2 Å². The maximum Gasteiger partial charge on any atom is 0.255 e. The number of nitrogens with one attached hydrogen (secondary N) is 1. The van der Waals surface area contributed by atoms with Gasteiger partial charge in [0.1, 0.15) is 0 Å². The summed E-state index contributed by atoms with van der Waals surface area (Å²) in [6, 6.07) is 24.1. The largest absolute Gasteiger partial charge is 0.322 e. The van der Waals surface area contributed by atoms with Crippen molar-refractivity contribution in [1.82, 2.24) is 0 Å². The van der Waals surface area contributed by atoms with E-state index in [0.717, 1.165) is 28.3 Å². The van der Waals surface area contributed by atoms with Crippen LogP contribution in [0, 0.1) is 0 Å². The lowest BCUT2D eigenvalue weighted by Gasteiger charge is -2.18. The van der Waals surface area contributed by atoms with Gasteiger partial charge in [-0.05, 0) is 40.5 Å². The molecule has 0 radical (unpaired) electrons. The van der Waals surface area contributed by atoms with Crippen LogP contribution in [0.5, 0.6) is 0 Å². The number of hydrogen-bond acceptors (Lipinski definition) is 3. The third kappa shape index (κ3) is 3.60. The van der Waals surface area contributed by atoms with Crippen LogP contribution < -0.4 is 5.32 Å². The Kier molecular flexibility index (Phi) is 4.81. The first kappa shape index (κ1) is 16.3. The molecule has 4 rings (SSSR count). The van der Waals surface area contributed by atoms with E-state index in [2.05, 4.69) is 23.5 Å². The van der Waals surface area contributed by atoms with E-state index in [1.54, 1.807) is 0 Å². The molecule has 0 aromatic heterocycles. The highest BCUT2D eigenvalue weighted by Crippen LogP contribution is 2.40. The van der Waals surface area contributed by atoms with E-state index >= 15 is 0 Å². The van der Waals surface area contributed by atoms with Gasteiger partial charge in [-0.15, -0.1) is 0 Å². The number of anilines is 1. The van der Waals surface area contributed by atoms with Crippen LogP contribution in [0.4, 0.5) is 5.69 Å². The van der Waals surface area contributed by atoms with Crippen LogP contribution in [0.3, 0.4) is 0 Å². The highest BCUT2D eigenvalue weighted by Gasteiger charge is 2.16. The second kappa shape index (κ2) is 7.38. The molecule has 1 amide bonds. The first-order chi connectivity index (χ1) is 12.3. The Morgan fingerprint density at radius 1 is 0.760 bits per heavy atom. The van der Waals surface area contributed by atoms with Crippen molar-refractivity contribution in [1.29, 1.82) is 0 Å². The van der Waals surface area contributed by atoms with E-state index in [9.17, 15) is 4.79 Å². The normalized spacial score (nSPS) is 13.1. The molecule has 2 nitrogen and oxygen atoms in total. The van der Waals surface area contributed by atoms with E-state index in [1.165, 1.54) is 11.1 Å². The molecule has 25 heavy (non-hydrogen) atoms. The summed E-state index contributed by atoms with van der Waals surface area (Å²) >= 11 is 0. The summed E-state index contributed by atoms with van der Waals surface area (Å²) in [5.41, 5.74) is 6.45. The van der Waals surface area contributed by atoms with Crippen LogP contribution in [0.2, 0.25) is 0 Å². The Morgan fingerprint density at radius 3 is 2.28 bits per heavy atom. The molecule has 0 fully saturated rings. The molecule has 1 aliphatic heterocycles. The first-order valence-corrected chi connectivity index (χ1v) is 10.6. The highest BCUT2D eigenvalue weighted by atomic mass is 33.1. The molecule has 0 saturated carbocycles. The number of carbonyl (C=O) groups is 1. The van der Waals surface area contributed by atoms with E-state index in [1.807, 2.05) is 76.2 Å². The van der Waals surface area contributed by atoms with Crippen molar-refractivity contribution in [2.24, 2.45) is 0 Å². The number of rotatable bonds is 3. The van der Waals surface area contributed by atoms with E-state index < -0.39 is 0 Å². The van der Waals surface area contributed by atoms with Gasteiger partial charge in [-0.2, -0.15) is 0 Å². The molecular formula is C21H17NOS2. The van der Waals surface area contributed by atoms with Crippen LogP contribution in [-0.2, 0) is 11.5 Å². The zero-order valence-electron chi connectivity index (χ0n) is 13.6. The van der Waals surface area contributed by atoms with Crippen molar-refractivity contribution in [2.75, 3.05) is 5.32 Å². The fourth-order valence-corrected chi connectivity index (χ4v) is 5.16. The Bertz CT molecular complexity index is 892. The van der Waals surface area contributed by atoms with Crippen molar-refractivity contribution in [2.45, 2.75) is 11.5 Å². The molecule has 0 bridgehead atoms. The Labute approximate surface area is 155 Å². The molecule has 0 aliphatic carbocycles. The van der Waals surface area contributed by atoms with Crippen LogP contribution in [0.1, 0.15) is 21.5 Å². The SMILES string of the molecule is O=C(Nc1cccc2c1CSSC2)c1ccc(-c2ccccc2)cc1. The van der Waals surface area contributed by atoms with E-state index in [-0.39, 0.29) is 5.91 Å². The molecule has 1 N–H and O–H groups in total. The molecule has 0 saturated heterocycles. The van der Waals surface area contributed by atoms with E-state index in [4.69, 9.17) is 0 Å². The quantitative estimate of drug-likeness (QED) is 0.579. The molecule has 124 valence electrons. The fraction of sp³-hybridized carbons (Fsp3) is 0.0952. The Hall–Kier alpha value is -2.17. The van der Waals surface area contributed by atoms with Crippen molar-refractivity contribution in [3.05, 3.63) is 89.5 Å². The average molecular weight is 364 g/mol. The molecule has 3 aromatic rings. The lowest BCUT2D eigenvalue weighted by molar-refractivity contribution is 0.102. The van der Waals surface area contributed by atoms with Gasteiger partial charge in [0, 0.05) is 22.8 Å². The fourth-order valence-electron chi connectivity index (χ4n) is 2.90. The summed E-state index contributed by atoms with van der Waals surface area (Å²) in [5.74, 6) is 1.87. The predicted octanol–water partition coefficient (Wildman–Crippen LogP) is 6.00. The van der Waals surface area contributed by atoms with Gasteiger partial charge in [-0.25, -0.2) is 0 Å². The van der Waals surface area contributed by atoms with Gasteiger partial charge < -0.3 is 5.32 Å². The molecule has 0 unspecified atom stereocenters. The monoisotopic (exact) mass is 363 g/mol. The van der Waals surface area contributed by atoms with Crippen LogP contribution >= 0.6 is 21.6 Å². The minimum Gasteiger partial charge on any atom is -0.322 e. The van der Waals surface area contributed by atoms with Gasteiger partial charge >= 0.3 is 0 Å². The van der Waals surface area contributed by atoms with Gasteiger partial charge in [0.2, 0.25) is 0 Å². The van der Waals surface area contributed by atoms with Crippen molar-refractivity contribution < 1.29 is 4.79 Å². The molecule has 1 heterocycles. The van der Waals surface area contributed by atoms with Crippen molar-refractivity contribution in [3.8, 4) is 11.1 Å². The summed E-state index contributed by atoms with van der Waals surface area (Å²) in [5, 5.41) is 3.08. The number of hydrogen-bond donors (Lipinski definition) is 1. The van der Waals surface area contributed by atoms with Gasteiger partial charge in [0.15, 0.2) is 0 Å². The van der Waals surface area contributed by atoms with Gasteiger partial charge in [0.25, 0.3) is 5.91 Å². The Balaban J connectivity index is 1.54. The topological polar surface area (TPSA) is 29.1 Å². The molecule has 0 atom stereocenters. The second-order valence-corrected chi connectivity index (χ2v) is 8.33. The summed E-state index contributed by atoms with van der Waals surface area (Å²) in [7, 11) is 3.70. The zero-order chi connectivity index (χ0) is 17.1. The molecule has 4 heteroatoms. The van der Waals surface area contributed by atoms with Gasteiger partial charge in [0.05, 0.1) is 0 Å². The van der Waals surface area contributed by atoms with Crippen LogP contribution in [-0.4, -0.2) is 5.91 Å². The van der Waals surface area contributed by atoms with Crippen LogP contribution in [0.25, 0.3) is 11.1 Å². The lowest BCUT2D eigenvalue weighted by atomic mass is 10.0. The summed E-state index contributed by atoms with van der Waals surface area (Å²) < 4.78 is 0. The first-order valence-electron chi connectivity index (χ1n) is 8.13. The maximum atomic E-state index is 12.6. The second-order valence-electron chi connectivity index (χ2n) is 5.87. The standard InChI is InChI=1S/C21H17NOS2/c23-21(22-20-8-4-7-18-13-24-25-14-19(18)20)17-11-9-16(10-12-17)15-5-2-1-3-6-15/h1-12H,13-14H2,(H,22,23). The van der Waals surface area contributed by atoms with Gasteiger partial charge in [-0.3, -0.25) is 4.79 Å². The number of amides is 1.